The van der Waals surface area contributed by atoms with Crippen molar-refractivity contribution in [1.82, 2.24) is 5.32 Å². The molecule has 0 unspecified atom stereocenters. The number of carbonyl (C=O) groups excluding carboxylic acids is 1. The fourth-order valence-electron chi connectivity index (χ4n) is 1.97. The molecule has 0 aliphatic heterocycles. The zero-order valence-electron chi connectivity index (χ0n) is 8.58. The quantitative estimate of drug-likeness (QED) is 0.611. The van der Waals surface area contributed by atoms with Crippen molar-refractivity contribution in [3.63, 3.8) is 0 Å². The topological polar surface area (TPSA) is 92.4 Å². The monoisotopic (exact) mass is 212 g/mol. The summed E-state index contributed by atoms with van der Waals surface area (Å²) in [5.74, 6) is -1.04. The van der Waals surface area contributed by atoms with Gasteiger partial charge in [0.15, 0.2) is 0 Å². The number of aliphatic carboxylic acids is 1. The van der Waals surface area contributed by atoms with Crippen molar-refractivity contribution in [2.45, 2.75) is 49.6 Å². The highest BCUT2D eigenvalue weighted by atomic mass is 16.4. The lowest BCUT2D eigenvalue weighted by Crippen LogP contribution is -2.59. The highest BCUT2D eigenvalue weighted by molar-refractivity contribution is 5.90. The predicted octanol–water partition coefficient (Wildman–Crippen LogP) is -0.00870. The van der Waals surface area contributed by atoms with E-state index in [1.54, 1.807) is 0 Å². The molecule has 84 valence electrons. The Labute approximate surface area is 88.0 Å². The first kappa shape index (κ1) is 10.4. The molecule has 0 aromatic heterocycles. The summed E-state index contributed by atoms with van der Waals surface area (Å²) < 4.78 is 0. The van der Waals surface area contributed by atoms with Crippen LogP contribution in [0.1, 0.15) is 38.5 Å². The largest absolute Gasteiger partial charge is 0.481 e. The van der Waals surface area contributed by atoms with E-state index in [1.165, 1.54) is 0 Å². The van der Waals surface area contributed by atoms with Crippen molar-refractivity contribution in [2.24, 2.45) is 5.73 Å². The van der Waals surface area contributed by atoms with Crippen LogP contribution in [0.15, 0.2) is 0 Å². The number of rotatable bonds is 4. The minimum atomic E-state index is -0.864. The second-order valence-electron chi connectivity index (χ2n) is 4.81. The summed E-state index contributed by atoms with van der Waals surface area (Å²) >= 11 is 0. The van der Waals surface area contributed by atoms with Crippen molar-refractivity contribution in [3.05, 3.63) is 0 Å². The molecule has 5 heteroatoms. The number of hydrogen-bond acceptors (Lipinski definition) is 3. The highest BCUT2D eigenvalue weighted by Gasteiger charge is 2.50. The van der Waals surface area contributed by atoms with Gasteiger partial charge >= 0.3 is 5.97 Å². The number of carbonyl (C=O) groups is 2. The van der Waals surface area contributed by atoms with Gasteiger partial charge in [0.2, 0.25) is 5.91 Å². The molecule has 15 heavy (non-hydrogen) atoms. The molecule has 4 N–H and O–H groups in total. The van der Waals surface area contributed by atoms with Crippen molar-refractivity contribution in [1.29, 1.82) is 0 Å². The van der Waals surface area contributed by atoms with Crippen molar-refractivity contribution >= 4 is 11.9 Å². The van der Waals surface area contributed by atoms with Crippen molar-refractivity contribution < 1.29 is 14.7 Å². The summed E-state index contributed by atoms with van der Waals surface area (Å²) in [5.41, 5.74) is 4.52. The number of nitrogens with one attached hydrogen (secondary N) is 1. The van der Waals surface area contributed by atoms with Crippen LogP contribution in [-0.4, -0.2) is 28.1 Å². The number of hydrogen-bond donors (Lipinski definition) is 3. The molecule has 0 aromatic rings. The van der Waals surface area contributed by atoms with E-state index in [-0.39, 0.29) is 12.3 Å². The summed E-state index contributed by atoms with van der Waals surface area (Å²) in [5, 5.41) is 11.6. The summed E-state index contributed by atoms with van der Waals surface area (Å²) in [6, 6.07) is 0. The molecule has 0 heterocycles. The first-order chi connectivity index (χ1) is 6.96. The van der Waals surface area contributed by atoms with E-state index in [0.29, 0.717) is 12.8 Å². The Morgan fingerprint density at radius 2 is 1.87 bits per heavy atom. The number of nitrogens with two attached hydrogens (primary N) is 1. The minimum Gasteiger partial charge on any atom is -0.481 e. The molecule has 0 spiro atoms. The molecule has 2 fully saturated rings. The zero-order valence-corrected chi connectivity index (χ0v) is 8.58. The second kappa shape index (κ2) is 3.20. The van der Waals surface area contributed by atoms with E-state index in [2.05, 4.69) is 5.32 Å². The number of amides is 1. The van der Waals surface area contributed by atoms with Crippen molar-refractivity contribution in [2.75, 3.05) is 0 Å². The smallest absolute Gasteiger partial charge is 0.305 e. The van der Waals surface area contributed by atoms with E-state index in [9.17, 15) is 9.59 Å². The molecule has 0 radical (unpaired) electrons. The van der Waals surface area contributed by atoms with Crippen LogP contribution >= 0.6 is 0 Å². The summed E-state index contributed by atoms with van der Waals surface area (Å²) in [4.78, 5) is 22.4. The van der Waals surface area contributed by atoms with E-state index in [4.69, 9.17) is 10.8 Å². The van der Waals surface area contributed by atoms with Crippen LogP contribution in [0.5, 0.6) is 0 Å². The predicted molar refractivity (Wildman–Crippen MR) is 53.1 cm³/mol. The Balaban J connectivity index is 1.95. The van der Waals surface area contributed by atoms with Gasteiger partial charge in [0.1, 0.15) is 0 Å². The third-order valence-corrected chi connectivity index (χ3v) is 3.42. The average Bonchev–Trinajstić information content (AvgIpc) is 2.80. The van der Waals surface area contributed by atoms with Crippen LogP contribution in [0.25, 0.3) is 0 Å². The van der Waals surface area contributed by atoms with Crippen molar-refractivity contribution in [3.8, 4) is 0 Å². The van der Waals surface area contributed by atoms with E-state index in [0.717, 1.165) is 19.3 Å². The molecule has 0 aromatic carbocycles. The lowest BCUT2D eigenvalue weighted by molar-refractivity contribution is -0.140. The van der Waals surface area contributed by atoms with Gasteiger partial charge in [-0.15, -0.1) is 0 Å². The van der Waals surface area contributed by atoms with E-state index in [1.807, 2.05) is 0 Å². The fourth-order valence-corrected chi connectivity index (χ4v) is 1.97. The maximum Gasteiger partial charge on any atom is 0.305 e. The van der Waals surface area contributed by atoms with Gasteiger partial charge in [-0.25, -0.2) is 0 Å². The molecule has 2 rings (SSSR count). The number of carboxylic acid groups (broad SMARTS) is 1. The highest BCUT2D eigenvalue weighted by Crippen LogP contribution is 2.38. The molecule has 2 aliphatic carbocycles. The van der Waals surface area contributed by atoms with Gasteiger partial charge in [0, 0.05) is 0 Å². The lowest BCUT2D eigenvalue weighted by Gasteiger charge is -2.42. The zero-order chi connectivity index (χ0) is 11.1. The van der Waals surface area contributed by atoms with E-state index >= 15 is 0 Å². The standard InChI is InChI=1S/C10H16N2O3/c11-10(4-5-10)8(15)12-9(2-1-3-9)6-7(13)14/h1-6,11H2,(H,12,15)(H,13,14). The first-order valence-corrected chi connectivity index (χ1v) is 5.29. The first-order valence-electron chi connectivity index (χ1n) is 5.29. The summed E-state index contributed by atoms with van der Waals surface area (Å²) in [6.07, 6.45) is 3.91. The van der Waals surface area contributed by atoms with Crippen LogP contribution in [0, 0.1) is 0 Å². The Kier molecular flexibility index (Phi) is 2.22. The Morgan fingerprint density at radius 3 is 2.20 bits per heavy atom. The Hall–Kier alpha value is -1.10. The van der Waals surface area contributed by atoms with Gasteiger partial charge in [-0.2, -0.15) is 0 Å². The minimum absolute atomic E-state index is 0.00875. The summed E-state index contributed by atoms with van der Waals surface area (Å²) in [6.45, 7) is 0. The van der Waals surface area contributed by atoms with Crippen LogP contribution in [0.4, 0.5) is 0 Å². The Bertz CT molecular complexity index is 306. The third kappa shape index (κ3) is 1.97. The van der Waals surface area contributed by atoms with Gasteiger partial charge in [-0.05, 0) is 32.1 Å². The molecule has 0 atom stereocenters. The molecular weight excluding hydrogens is 196 g/mol. The lowest BCUT2D eigenvalue weighted by atomic mass is 9.74. The molecule has 1 amide bonds. The van der Waals surface area contributed by atoms with Gasteiger partial charge in [0.05, 0.1) is 17.5 Å². The van der Waals surface area contributed by atoms with Crippen LogP contribution in [0.2, 0.25) is 0 Å². The maximum absolute atomic E-state index is 11.7. The van der Waals surface area contributed by atoms with E-state index < -0.39 is 17.0 Å². The third-order valence-electron chi connectivity index (χ3n) is 3.42. The SMILES string of the molecule is NC1(C(=O)NC2(CC(=O)O)CCC2)CC1. The average molecular weight is 212 g/mol. The molecule has 0 bridgehead atoms. The van der Waals surface area contributed by atoms with Gasteiger partial charge < -0.3 is 16.2 Å². The molecule has 5 nitrogen and oxygen atoms in total. The fraction of sp³-hybridized carbons (Fsp3) is 0.800. The van der Waals surface area contributed by atoms with Gasteiger partial charge in [0.25, 0.3) is 0 Å². The normalized spacial score (nSPS) is 25.1. The van der Waals surface area contributed by atoms with Crippen LogP contribution in [0.3, 0.4) is 0 Å². The maximum atomic E-state index is 11.7. The molecule has 2 saturated carbocycles. The van der Waals surface area contributed by atoms with Crippen LogP contribution in [-0.2, 0) is 9.59 Å². The molecular formula is C10H16N2O3. The van der Waals surface area contributed by atoms with Gasteiger partial charge in [-0.1, -0.05) is 0 Å². The Morgan fingerprint density at radius 1 is 1.27 bits per heavy atom. The molecule has 0 saturated heterocycles. The second-order valence-corrected chi connectivity index (χ2v) is 4.81. The molecule has 2 aliphatic rings. The van der Waals surface area contributed by atoms with Gasteiger partial charge in [-0.3, -0.25) is 9.59 Å². The summed E-state index contributed by atoms with van der Waals surface area (Å²) in [7, 11) is 0. The number of carboxylic acids is 1. The van der Waals surface area contributed by atoms with Crippen LogP contribution < -0.4 is 11.1 Å².